The minimum atomic E-state index is 0. The maximum Gasteiger partial charge on any atom is 0.226 e. The Morgan fingerprint density at radius 1 is 1.55 bits per heavy atom. The first-order chi connectivity index (χ1) is 9.15. The largest absolute Gasteiger partial charge is 0.356 e. The molecule has 0 radical (unpaired) electrons. The van der Waals surface area contributed by atoms with Gasteiger partial charge >= 0.3 is 0 Å². The molecule has 0 saturated heterocycles. The Labute approximate surface area is 125 Å². The van der Waals surface area contributed by atoms with E-state index in [1.165, 1.54) is 12.8 Å². The van der Waals surface area contributed by atoms with Crippen LogP contribution in [0.15, 0.2) is 4.52 Å². The second kappa shape index (κ2) is 8.21. The fourth-order valence-electron chi connectivity index (χ4n) is 1.80. The Bertz CT molecular complexity index is 418. The summed E-state index contributed by atoms with van der Waals surface area (Å²) in [4.78, 5) is 15.8. The first-order valence-corrected chi connectivity index (χ1v) is 7.00. The van der Waals surface area contributed by atoms with E-state index in [-0.39, 0.29) is 24.4 Å². The molecule has 1 fully saturated rings. The Morgan fingerprint density at radius 3 is 2.95 bits per heavy atom. The number of aromatic nitrogens is 2. The number of nitrogens with two attached hydrogens (primary N) is 1. The normalized spacial score (nSPS) is 15.5. The van der Waals surface area contributed by atoms with E-state index in [0.29, 0.717) is 31.2 Å². The van der Waals surface area contributed by atoms with Crippen molar-refractivity contribution in [1.29, 1.82) is 0 Å². The Balaban J connectivity index is 0.00000200. The van der Waals surface area contributed by atoms with Crippen LogP contribution in [0, 0.1) is 0 Å². The standard InChI is InChI=1S/C13H22N4O2.ClH/c1-9(14)7-8-15-11(18)3-2-4-12-16-13(17-19-12)10-5-6-10;/h9-10H,2-8,14H2,1H3,(H,15,18);1H. The first-order valence-electron chi connectivity index (χ1n) is 7.00. The molecule has 2 rings (SSSR count). The van der Waals surface area contributed by atoms with Crippen molar-refractivity contribution in [2.24, 2.45) is 5.73 Å². The molecular weight excluding hydrogens is 280 g/mol. The minimum Gasteiger partial charge on any atom is -0.356 e. The van der Waals surface area contributed by atoms with Crippen LogP contribution in [0.4, 0.5) is 0 Å². The third kappa shape index (κ3) is 5.88. The zero-order chi connectivity index (χ0) is 13.7. The molecule has 1 heterocycles. The van der Waals surface area contributed by atoms with Crippen LogP contribution < -0.4 is 11.1 Å². The number of aryl methyl sites for hydroxylation is 1. The zero-order valence-electron chi connectivity index (χ0n) is 11.8. The molecule has 0 aliphatic heterocycles. The number of nitrogens with one attached hydrogen (secondary N) is 1. The average molecular weight is 303 g/mol. The van der Waals surface area contributed by atoms with Gasteiger partial charge in [-0.2, -0.15) is 4.98 Å². The predicted octanol–water partition coefficient (Wildman–Crippen LogP) is 1.54. The summed E-state index contributed by atoms with van der Waals surface area (Å²) in [6.07, 6.45) is 5.03. The van der Waals surface area contributed by atoms with E-state index in [4.69, 9.17) is 10.3 Å². The van der Waals surface area contributed by atoms with Crippen LogP contribution in [0.5, 0.6) is 0 Å². The molecule has 1 amide bonds. The van der Waals surface area contributed by atoms with Gasteiger partial charge in [-0.1, -0.05) is 5.16 Å². The predicted molar refractivity (Wildman–Crippen MR) is 77.7 cm³/mol. The topological polar surface area (TPSA) is 94.0 Å². The number of hydrogen-bond donors (Lipinski definition) is 2. The summed E-state index contributed by atoms with van der Waals surface area (Å²) >= 11 is 0. The highest BCUT2D eigenvalue weighted by molar-refractivity contribution is 5.85. The highest BCUT2D eigenvalue weighted by Crippen LogP contribution is 2.38. The minimum absolute atomic E-state index is 0. The maximum absolute atomic E-state index is 11.5. The van der Waals surface area contributed by atoms with Crippen molar-refractivity contribution in [3.8, 4) is 0 Å². The number of halogens is 1. The van der Waals surface area contributed by atoms with Crippen LogP contribution in [-0.4, -0.2) is 28.6 Å². The van der Waals surface area contributed by atoms with Gasteiger partial charge in [0.05, 0.1) is 0 Å². The molecule has 114 valence electrons. The quantitative estimate of drug-likeness (QED) is 0.759. The maximum atomic E-state index is 11.5. The van der Waals surface area contributed by atoms with Gasteiger partial charge in [0.15, 0.2) is 5.82 Å². The number of carbonyl (C=O) groups excluding carboxylic acids is 1. The van der Waals surface area contributed by atoms with Crippen LogP contribution in [0.25, 0.3) is 0 Å². The van der Waals surface area contributed by atoms with E-state index in [1.54, 1.807) is 0 Å². The number of nitrogens with zero attached hydrogens (tertiary/aromatic N) is 2. The molecule has 1 aromatic heterocycles. The van der Waals surface area contributed by atoms with Crippen molar-refractivity contribution in [2.45, 2.75) is 57.4 Å². The molecule has 0 aromatic carbocycles. The first kappa shape index (κ1) is 16.9. The molecule has 1 unspecified atom stereocenters. The molecule has 0 bridgehead atoms. The van der Waals surface area contributed by atoms with Crippen LogP contribution in [0.1, 0.15) is 56.7 Å². The van der Waals surface area contributed by atoms with E-state index in [1.807, 2.05) is 6.92 Å². The summed E-state index contributed by atoms with van der Waals surface area (Å²) < 4.78 is 5.15. The van der Waals surface area contributed by atoms with Crippen LogP contribution in [0.2, 0.25) is 0 Å². The summed E-state index contributed by atoms with van der Waals surface area (Å²) in [7, 11) is 0. The molecule has 0 spiro atoms. The lowest BCUT2D eigenvalue weighted by Gasteiger charge is -2.06. The van der Waals surface area contributed by atoms with Gasteiger partial charge in [0.25, 0.3) is 0 Å². The van der Waals surface area contributed by atoms with Crippen LogP contribution in [0.3, 0.4) is 0 Å². The van der Waals surface area contributed by atoms with Crippen molar-refractivity contribution in [3.63, 3.8) is 0 Å². The third-order valence-electron chi connectivity index (χ3n) is 3.14. The van der Waals surface area contributed by atoms with Gasteiger partial charge in [-0.25, -0.2) is 0 Å². The lowest BCUT2D eigenvalue weighted by molar-refractivity contribution is -0.121. The van der Waals surface area contributed by atoms with Gasteiger partial charge in [0.1, 0.15) is 0 Å². The molecule has 1 atom stereocenters. The fraction of sp³-hybridized carbons (Fsp3) is 0.769. The van der Waals surface area contributed by atoms with Crippen molar-refractivity contribution in [2.75, 3.05) is 6.54 Å². The zero-order valence-corrected chi connectivity index (χ0v) is 12.6. The molecule has 3 N–H and O–H groups in total. The average Bonchev–Trinajstić information content (AvgIpc) is 3.10. The number of carbonyl (C=O) groups is 1. The molecule has 20 heavy (non-hydrogen) atoms. The van der Waals surface area contributed by atoms with E-state index in [9.17, 15) is 4.79 Å². The highest BCUT2D eigenvalue weighted by Gasteiger charge is 2.28. The number of amides is 1. The summed E-state index contributed by atoms with van der Waals surface area (Å²) in [5, 5.41) is 6.79. The second-order valence-corrected chi connectivity index (χ2v) is 5.29. The number of hydrogen-bond acceptors (Lipinski definition) is 5. The molecule has 7 heteroatoms. The lowest BCUT2D eigenvalue weighted by atomic mass is 10.2. The smallest absolute Gasteiger partial charge is 0.226 e. The summed E-state index contributed by atoms with van der Waals surface area (Å²) in [5.41, 5.74) is 5.61. The molecule has 1 aromatic rings. The molecule has 1 saturated carbocycles. The van der Waals surface area contributed by atoms with Gasteiger partial charge in [0, 0.05) is 31.3 Å². The van der Waals surface area contributed by atoms with Gasteiger partial charge in [-0.05, 0) is 32.6 Å². The summed E-state index contributed by atoms with van der Waals surface area (Å²) in [6.45, 7) is 2.57. The lowest BCUT2D eigenvalue weighted by Crippen LogP contribution is -2.28. The van der Waals surface area contributed by atoms with E-state index in [2.05, 4.69) is 15.5 Å². The van der Waals surface area contributed by atoms with Crippen molar-refractivity contribution in [1.82, 2.24) is 15.5 Å². The molecule has 1 aliphatic rings. The Morgan fingerprint density at radius 2 is 2.30 bits per heavy atom. The highest BCUT2D eigenvalue weighted by atomic mass is 35.5. The van der Waals surface area contributed by atoms with Crippen molar-refractivity contribution in [3.05, 3.63) is 11.7 Å². The van der Waals surface area contributed by atoms with Gasteiger partial charge < -0.3 is 15.6 Å². The van der Waals surface area contributed by atoms with Crippen molar-refractivity contribution < 1.29 is 9.32 Å². The van der Waals surface area contributed by atoms with Gasteiger partial charge in [-0.15, -0.1) is 12.4 Å². The summed E-state index contributed by atoms with van der Waals surface area (Å²) in [6, 6.07) is 0.125. The third-order valence-corrected chi connectivity index (χ3v) is 3.14. The van der Waals surface area contributed by atoms with Gasteiger partial charge in [0.2, 0.25) is 11.8 Å². The Hall–Kier alpha value is -1.14. The molecule has 6 nitrogen and oxygen atoms in total. The molecular formula is C13H23ClN4O2. The van der Waals surface area contributed by atoms with E-state index in [0.717, 1.165) is 18.7 Å². The SMILES string of the molecule is CC(N)CCNC(=O)CCCc1nc(C2CC2)no1.Cl. The monoisotopic (exact) mass is 302 g/mol. The number of rotatable bonds is 8. The molecule has 1 aliphatic carbocycles. The van der Waals surface area contributed by atoms with Crippen molar-refractivity contribution >= 4 is 18.3 Å². The van der Waals surface area contributed by atoms with Crippen LogP contribution >= 0.6 is 12.4 Å². The fourth-order valence-corrected chi connectivity index (χ4v) is 1.80. The van der Waals surface area contributed by atoms with Crippen LogP contribution in [-0.2, 0) is 11.2 Å². The second-order valence-electron chi connectivity index (χ2n) is 5.29. The Kier molecular flexibility index (Phi) is 6.95. The van der Waals surface area contributed by atoms with E-state index >= 15 is 0 Å². The van der Waals surface area contributed by atoms with Gasteiger partial charge in [-0.3, -0.25) is 4.79 Å². The summed E-state index contributed by atoms with van der Waals surface area (Å²) in [5.74, 6) is 2.04. The van der Waals surface area contributed by atoms with E-state index < -0.39 is 0 Å².